The standard InChI is InChI=1S/C21H33N3O5S2/c1-3-15-30(26,27)22-19-9-13-23(14-10-19)21(25)18-8-7-17(2)20(16-18)31(28,29)24-11-5-4-6-12-24/h7-8,16,19,22H,3-6,9-15H2,1-2H3. The van der Waals surface area contributed by atoms with E-state index in [9.17, 15) is 21.6 Å². The van der Waals surface area contributed by atoms with Gasteiger partial charge in [0, 0.05) is 37.8 Å². The molecule has 2 aliphatic heterocycles. The number of aryl methyl sites for hydroxylation is 1. The zero-order valence-electron chi connectivity index (χ0n) is 18.3. The molecule has 2 fully saturated rings. The Bertz CT molecular complexity index is 994. The number of nitrogens with zero attached hydrogens (tertiary/aromatic N) is 2. The summed E-state index contributed by atoms with van der Waals surface area (Å²) in [6.45, 7) is 5.46. The second-order valence-corrected chi connectivity index (χ2v) is 12.2. The van der Waals surface area contributed by atoms with Crippen LogP contribution in [0.5, 0.6) is 0 Å². The summed E-state index contributed by atoms with van der Waals surface area (Å²) in [6.07, 6.45) is 4.39. The van der Waals surface area contributed by atoms with Gasteiger partial charge < -0.3 is 4.90 Å². The number of piperidine rings is 2. The van der Waals surface area contributed by atoms with E-state index in [0.29, 0.717) is 56.6 Å². The first-order valence-corrected chi connectivity index (χ1v) is 14.1. The molecular formula is C21H33N3O5S2. The number of hydrogen-bond acceptors (Lipinski definition) is 5. The van der Waals surface area contributed by atoms with E-state index in [0.717, 1.165) is 19.3 Å². The Morgan fingerprint density at radius 3 is 2.29 bits per heavy atom. The molecule has 2 aliphatic rings. The zero-order valence-corrected chi connectivity index (χ0v) is 20.0. The topological polar surface area (TPSA) is 104 Å². The van der Waals surface area contributed by atoms with Gasteiger partial charge in [0.2, 0.25) is 20.0 Å². The lowest BCUT2D eigenvalue weighted by Gasteiger charge is -2.32. The molecule has 0 bridgehead atoms. The summed E-state index contributed by atoms with van der Waals surface area (Å²) in [4.78, 5) is 14.9. The van der Waals surface area contributed by atoms with Gasteiger partial charge in [-0.3, -0.25) is 4.79 Å². The van der Waals surface area contributed by atoms with Crippen LogP contribution in [-0.4, -0.2) is 69.9 Å². The summed E-state index contributed by atoms with van der Waals surface area (Å²) in [6, 6.07) is 4.68. The first-order chi connectivity index (χ1) is 14.6. The Kier molecular flexibility index (Phi) is 7.77. The quantitative estimate of drug-likeness (QED) is 0.656. The highest BCUT2D eigenvalue weighted by atomic mass is 32.2. The van der Waals surface area contributed by atoms with Crippen LogP contribution in [0, 0.1) is 6.92 Å². The summed E-state index contributed by atoms with van der Waals surface area (Å²) < 4.78 is 54.4. The molecule has 8 nitrogen and oxygen atoms in total. The molecule has 0 saturated carbocycles. The van der Waals surface area contributed by atoms with Gasteiger partial charge >= 0.3 is 0 Å². The molecule has 2 heterocycles. The van der Waals surface area contributed by atoms with Gasteiger partial charge in [-0.05, 0) is 56.7 Å². The van der Waals surface area contributed by atoms with Crippen molar-refractivity contribution in [1.82, 2.24) is 13.9 Å². The van der Waals surface area contributed by atoms with E-state index in [1.165, 1.54) is 10.4 Å². The Morgan fingerprint density at radius 2 is 1.68 bits per heavy atom. The van der Waals surface area contributed by atoms with Gasteiger partial charge in [-0.1, -0.05) is 19.4 Å². The van der Waals surface area contributed by atoms with Crippen molar-refractivity contribution in [3.05, 3.63) is 29.3 Å². The van der Waals surface area contributed by atoms with E-state index in [2.05, 4.69) is 4.72 Å². The monoisotopic (exact) mass is 471 g/mol. The predicted molar refractivity (Wildman–Crippen MR) is 120 cm³/mol. The fourth-order valence-corrected chi connectivity index (χ4v) is 7.39. The summed E-state index contributed by atoms with van der Waals surface area (Å²) in [5.74, 6) is -0.117. The molecule has 174 valence electrons. The van der Waals surface area contributed by atoms with Crippen LogP contribution in [0.25, 0.3) is 0 Å². The molecule has 10 heteroatoms. The molecule has 31 heavy (non-hydrogen) atoms. The van der Waals surface area contributed by atoms with E-state index in [1.54, 1.807) is 24.0 Å². The van der Waals surface area contributed by atoms with Crippen molar-refractivity contribution in [2.45, 2.75) is 63.3 Å². The normalized spacial score (nSPS) is 19.5. The number of hydrogen-bond donors (Lipinski definition) is 1. The van der Waals surface area contributed by atoms with E-state index in [4.69, 9.17) is 0 Å². The Hall–Kier alpha value is -1.49. The predicted octanol–water partition coefficient (Wildman–Crippen LogP) is 2.10. The van der Waals surface area contributed by atoms with Gasteiger partial charge in [-0.15, -0.1) is 0 Å². The second kappa shape index (κ2) is 9.97. The van der Waals surface area contributed by atoms with Crippen LogP contribution in [0.2, 0.25) is 0 Å². The fraction of sp³-hybridized carbons (Fsp3) is 0.667. The molecule has 0 spiro atoms. The van der Waals surface area contributed by atoms with Crippen molar-refractivity contribution in [2.75, 3.05) is 31.9 Å². The van der Waals surface area contributed by atoms with Crippen LogP contribution < -0.4 is 4.72 Å². The van der Waals surface area contributed by atoms with E-state index in [1.807, 2.05) is 6.92 Å². The minimum absolute atomic E-state index is 0.101. The molecule has 0 aliphatic carbocycles. The summed E-state index contributed by atoms with van der Waals surface area (Å²) in [5.41, 5.74) is 0.984. The Balaban J connectivity index is 1.70. The molecular weight excluding hydrogens is 438 g/mol. The van der Waals surface area contributed by atoms with Crippen molar-refractivity contribution in [1.29, 1.82) is 0 Å². The third-order valence-electron chi connectivity index (χ3n) is 5.97. The molecule has 3 rings (SSSR count). The molecule has 2 saturated heterocycles. The molecule has 0 aromatic heterocycles. The summed E-state index contributed by atoms with van der Waals surface area (Å²) >= 11 is 0. The van der Waals surface area contributed by atoms with Gasteiger partial charge in [0.1, 0.15) is 0 Å². The number of carbonyl (C=O) groups excluding carboxylic acids is 1. The average molecular weight is 472 g/mol. The summed E-state index contributed by atoms with van der Waals surface area (Å²) in [5, 5.41) is 0. The van der Waals surface area contributed by atoms with E-state index < -0.39 is 20.0 Å². The average Bonchev–Trinajstić information content (AvgIpc) is 2.74. The maximum Gasteiger partial charge on any atom is 0.253 e. The Labute approximate surface area is 186 Å². The van der Waals surface area contributed by atoms with E-state index >= 15 is 0 Å². The Morgan fingerprint density at radius 1 is 1.03 bits per heavy atom. The molecule has 1 aromatic carbocycles. The molecule has 0 unspecified atom stereocenters. The van der Waals surface area contributed by atoms with Crippen molar-refractivity contribution in [3.8, 4) is 0 Å². The maximum absolute atomic E-state index is 13.1. The molecule has 0 radical (unpaired) electrons. The van der Waals surface area contributed by atoms with Gasteiger partial charge in [0.15, 0.2) is 0 Å². The molecule has 1 aromatic rings. The number of nitrogens with one attached hydrogen (secondary N) is 1. The van der Waals surface area contributed by atoms with Crippen molar-refractivity contribution in [3.63, 3.8) is 0 Å². The molecule has 1 N–H and O–H groups in total. The van der Waals surface area contributed by atoms with Gasteiger partial charge in [-0.2, -0.15) is 4.31 Å². The van der Waals surface area contributed by atoms with Crippen molar-refractivity contribution in [2.24, 2.45) is 0 Å². The van der Waals surface area contributed by atoms with Crippen LogP contribution in [0.15, 0.2) is 23.1 Å². The zero-order chi connectivity index (χ0) is 22.6. The van der Waals surface area contributed by atoms with Crippen LogP contribution in [0.1, 0.15) is 61.4 Å². The second-order valence-electron chi connectivity index (χ2n) is 8.45. The SMILES string of the molecule is CCCS(=O)(=O)NC1CCN(C(=O)c2ccc(C)c(S(=O)(=O)N3CCCCC3)c2)CC1. The minimum atomic E-state index is -3.63. The number of amides is 1. The van der Waals surface area contributed by atoms with Gasteiger partial charge in [0.25, 0.3) is 5.91 Å². The highest BCUT2D eigenvalue weighted by Gasteiger charge is 2.30. The van der Waals surface area contributed by atoms with E-state index in [-0.39, 0.29) is 22.6 Å². The highest BCUT2D eigenvalue weighted by Crippen LogP contribution is 2.25. The molecule has 0 atom stereocenters. The lowest BCUT2D eigenvalue weighted by atomic mass is 10.0. The van der Waals surface area contributed by atoms with Gasteiger partial charge in [0.05, 0.1) is 10.6 Å². The number of likely N-dealkylation sites (tertiary alicyclic amines) is 1. The summed E-state index contributed by atoms with van der Waals surface area (Å²) in [7, 11) is -6.91. The number of sulfonamides is 2. The molecule has 1 amide bonds. The lowest BCUT2D eigenvalue weighted by molar-refractivity contribution is 0.0711. The fourth-order valence-electron chi connectivity index (χ4n) is 4.22. The van der Waals surface area contributed by atoms with Crippen LogP contribution in [0.3, 0.4) is 0 Å². The third-order valence-corrected chi connectivity index (χ3v) is 9.65. The maximum atomic E-state index is 13.1. The number of rotatable bonds is 7. The lowest BCUT2D eigenvalue weighted by Crippen LogP contribution is -2.47. The van der Waals surface area contributed by atoms with Crippen LogP contribution in [-0.2, 0) is 20.0 Å². The van der Waals surface area contributed by atoms with Gasteiger partial charge in [-0.25, -0.2) is 21.6 Å². The smallest absolute Gasteiger partial charge is 0.253 e. The third kappa shape index (κ3) is 5.85. The first kappa shape index (κ1) is 24.2. The highest BCUT2D eigenvalue weighted by molar-refractivity contribution is 7.89. The first-order valence-electron chi connectivity index (χ1n) is 11.0. The van der Waals surface area contributed by atoms with Crippen molar-refractivity contribution >= 4 is 26.0 Å². The van der Waals surface area contributed by atoms with Crippen LogP contribution >= 0.6 is 0 Å². The largest absolute Gasteiger partial charge is 0.339 e. The number of carbonyl (C=O) groups is 1. The van der Waals surface area contributed by atoms with Crippen molar-refractivity contribution < 1.29 is 21.6 Å². The van der Waals surface area contributed by atoms with Crippen LogP contribution in [0.4, 0.5) is 0 Å². The minimum Gasteiger partial charge on any atom is -0.339 e. The number of benzene rings is 1.